The highest BCUT2D eigenvalue weighted by atomic mass is 16.5. The number of amides is 1. The summed E-state index contributed by atoms with van der Waals surface area (Å²) in [6.07, 6.45) is 0.944. The maximum Gasteiger partial charge on any atom is 0.254 e. The van der Waals surface area contributed by atoms with Crippen molar-refractivity contribution >= 4 is 5.91 Å². The molecule has 0 radical (unpaired) electrons. The van der Waals surface area contributed by atoms with Crippen LogP contribution in [0, 0.1) is 12.8 Å². The van der Waals surface area contributed by atoms with Crippen molar-refractivity contribution < 1.29 is 14.6 Å². The minimum Gasteiger partial charge on any atom is -0.496 e. The average Bonchev–Trinajstić information content (AvgIpc) is 2.79. The van der Waals surface area contributed by atoms with Gasteiger partial charge in [0.25, 0.3) is 5.91 Å². The second-order valence-corrected chi connectivity index (χ2v) is 5.20. The van der Waals surface area contributed by atoms with Crippen molar-refractivity contribution in [1.82, 2.24) is 4.90 Å². The Balaban J connectivity index is 2.24. The molecule has 0 aromatic heterocycles. The van der Waals surface area contributed by atoms with E-state index >= 15 is 0 Å². The van der Waals surface area contributed by atoms with E-state index in [-0.39, 0.29) is 18.6 Å². The van der Waals surface area contributed by atoms with Gasteiger partial charge in [-0.2, -0.15) is 0 Å². The second-order valence-electron chi connectivity index (χ2n) is 5.20. The van der Waals surface area contributed by atoms with Crippen LogP contribution >= 0.6 is 0 Å². The van der Waals surface area contributed by atoms with Crippen molar-refractivity contribution in [2.45, 2.75) is 26.3 Å². The Kier molecular flexibility index (Phi) is 4.10. The third kappa shape index (κ3) is 2.59. The molecule has 4 nitrogen and oxygen atoms in total. The molecule has 1 fully saturated rings. The number of ether oxygens (including phenoxy) is 1. The fourth-order valence-corrected chi connectivity index (χ4v) is 2.66. The Hall–Kier alpha value is -1.55. The normalized spacial score (nSPS) is 22.6. The van der Waals surface area contributed by atoms with Crippen molar-refractivity contribution in [2.24, 2.45) is 5.92 Å². The SMILES string of the molecule is COc1cc(C(=O)N2CCC(C)C2CO)ccc1C. The minimum atomic E-state index is -0.0696. The number of aliphatic hydroxyl groups is 1. The molecule has 1 aromatic rings. The maximum absolute atomic E-state index is 12.5. The van der Waals surface area contributed by atoms with E-state index in [1.54, 1.807) is 18.1 Å². The third-order valence-electron chi connectivity index (χ3n) is 3.99. The molecule has 1 amide bonds. The molecule has 1 aliphatic rings. The summed E-state index contributed by atoms with van der Waals surface area (Å²) in [4.78, 5) is 14.3. The van der Waals surface area contributed by atoms with Crippen molar-refractivity contribution in [3.8, 4) is 5.75 Å². The molecule has 1 aromatic carbocycles. The molecule has 1 N–H and O–H groups in total. The molecule has 2 atom stereocenters. The lowest BCUT2D eigenvalue weighted by Crippen LogP contribution is -2.39. The van der Waals surface area contributed by atoms with Crippen LogP contribution in [0.4, 0.5) is 0 Å². The molecular weight excluding hydrogens is 242 g/mol. The van der Waals surface area contributed by atoms with Crippen LogP contribution in [-0.2, 0) is 0 Å². The number of benzene rings is 1. The number of hydrogen-bond acceptors (Lipinski definition) is 3. The zero-order valence-corrected chi connectivity index (χ0v) is 11.7. The summed E-state index contributed by atoms with van der Waals surface area (Å²) in [5.74, 6) is 1.04. The number of carbonyl (C=O) groups excluding carboxylic acids is 1. The Morgan fingerprint density at radius 3 is 2.89 bits per heavy atom. The molecule has 1 heterocycles. The van der Waals surface area contributed by atoms with Crippen molar-refractivity contribution in [3.05, 3.63) is 29.3 Å². The summed E-state index contributed by atoms with van der Waals surface area (Å²) < 4.78 is 5.25. The van der Waals surface area contributed by atoms with Crippen LogP contribution in [0.5, 0.6) is 5.75 Å². The minimum absolute atomic E-state index is 0.0237. The summed E-state index contributed by atoms with van der Waals surface area (Å²) >= 11 is 0. The number of carbonyl (C=O) groups is 1. The lowest BCUT2D eigenvalue weighted by atomic mass is 10.0. The van der Waals surface area contributed by atoms with Gasteiger partial charge in [0.1, 0.15) is 5.75 Å². The fourth-order valence-electron chi connectivity index (χ4n) is 2.66. The molecule has 0 spiro atoms. The largest absolute Gasteiger partial charge is 0.496 e. The maximum atomic E-state index is 12.5. The van der Waals surface area contributed by atoms with E-state index in [9.17, 15) is 9.90 Å². The molecule has 4 heteroatoms. The van der Waals surface area contributed by atoms with Crippen molar-refractivity contribution in [3.63, 3.8) is 0 Å². The lowest BCUT2D eigenvalue weighted by molar-refractivity contribution is 0.0648. The van der Waals surface area contributed by atoms with E-state index < -0.39 is 0 Å². The molecule has 2 unspecified atom stereocenters. The van der Waals surface area contributed by atoms with Gasteiger partial charge in [-0.05, 0) is 37.0 Å². The predicted molar refractivity (Wildman–Crippen MR) is 73.4 cm³/mol. The number of methoxy groups -OCH3 is 1. The number of nitrogens with zero attached hydrogens (tertiary/aromatic N) is 1. The number of likely N-dealkylation sites (tertiary alicyclic amines) is 1. The molecule has 0 bridgehead atoms. The van der Waals surface area contributed by atoms with Gasteiger partial charge in [0, 0.05) is 12.1 Å². The van der Waals surface area contributed by atoms with E-state index in [0.29, 0.717) is 18.0 Å². The van der Waals surface area contributed by atoms with E-state index in [2.05, 4.69) is 6.92 Å². The molecule has 0 aliphatic carbocycles. The highest BCUT2D eigenvalue weighted by Crippen LogP contribution is 2.27. The van der Waals surface area contributed by atoms with Gasteiger partial charge < -0.3 is 14.7 Å². The second kappa shape index (κ2) is 5.61. The van der Waals surface area contributed by atoms with Crippen LogP contribution < -0.4 is 4.74 Å². The Bertz CT molecular complexity index is 472. The highest BCUT2D eigenvalue weighted by molar-refractivity contribution is 5.95. The first-order valence-corrected chi connectivity index (χ1v) is 6.65. The van der Waals surface area contributed by atoms with Gasteiger partial charge in [-0.3, -0.25) is 4.79 Å². The average molecular weight is 263 g/mol. The first-order valence-electron chi connectivity index (χ1n) is 6.65. The van der Waals surface area contributed by atoms with Gasteiger partial charge in [-0.1, -0.05) is 13.0 Å². The zero-order valence-electron chi connectivity index (χ0n) is 11.7. The third-order valence-corrected chi connectivity index (χ3v) is 3.99. The van der Waals surface area contributed by atoms with Crippen LogP contribution in [0.25, 0.3) is 0 Å². The van der Waals surface area contributed by atoms with Crippen LogP contribution in [-0.4, -0.2) is 42.2 Å². The molecule has 1 saturated heterocycles. The summed E-state index contributed by atoms with van der Waals surface area (Å²) in [6.45, 7) is 4.75. The molecule has 19 heavy (non-hydrogen) atoms. The smallest absolute Gasteiger partial charge is 0.254 e. The lowest BCUT2D eigenvalue weighted by Gasteiger charge is -2.25. The van der Waals surface area contributed by atoms with Crippen LogP contribution in [0.2, 0.25) is 0 Å². The van der Waals surface area contributed by atoms with E-state index in [0.717, 1.165) is 17.7 Å². The number of aryl methyl sites for hydroxylation is 1. The Morgan fingerprint density at radius 1 is 1.53 bits per heavy atom. The topological polar surface area (TPSA) is 49.8 Å². The summed E-state index contributed by atoms with van der Waals surface area (Å²) in [6, 6.07) is 5.41. The van der Waals surface area contributed by atoms with E-state index in [4.69, 9.17) is 4.74 Å². The number of hydrogen-bond donors (Lipinski definition) is 1. The highest BCUT2D eigenvalue weighted by Gasteiger charge is 2.34. The molecule has 104 valence electrons. The van der Waals surface area contributed by atoms with Crippen LogP contribution in [0.1, 0.15) is 29.3 Å². The van der Waals surface area contributed by atoms with Gasteiger partial charge in [0.15, 0.2) is 0 Å². The summed E-state index contributed by atoms with van der Waals surface area (Å²) in [5, 5.41) is 9.43. The molecule has 2 rings (SSSR count). The first kappa shape index (κ1) is 13.9. The Labute approximate surface area is 114 Å². The Morgan fingerprint density at radius 2 is 2.26 bits per heavy atom. The van der Waals surface area contributed by atoms with Gasteiger partial charge in [-0.25, -0.2) is 0 Å². The number of rotatable bonds is 3. The van der Waals surface area contributed by atoms with Crippen LogP contribution in [0.3, 0.4) is 0 Å². The van der Waals surface area contributed by atoms with Gasteiger partial charge >= 0.3 is 0 Å². The van der Waals surface area contributed by atoms with Crippen molar-refractivity contribution in [2.75, 3.05) is 20.3 Å². The van der Waals surface area contributed by atoms with E-state index in [1.165, 1.54) is 0 Å². The van der Waals surface area contributed by atoms with Gasteiger partial charge in [-0.15, -0.1) is 0 Å². The van der Waals surface area contributed by atoms with Gasteiger partial charge in [0.2, 0.25) is 0 Å². The number of aliphatic hydroxyl groups excluding tert-OH is 1. The molecular formula is C15H21NO3. The fraction of sp³-hybridized carbons (Fsp3) is 0.533. The van der Waals surface area contributed by atoms with Crippen LogP contribution in [0.15, 0.2) is 18.2 Å². The molecule has 0 saturated carbocycles. The van der Waals surface area contributed by atoms with Gasteiger partial charge in [0.05, 0.1) is 19.8 Å². The standard InChI is InChI=1S/C15H21NO3/c1-10-6-7-16(13(10)9-17)15(18)12-5-4-11(2)14(8-12)19-3/h4-5,8,10,13,17H,6-7,9H2,1-3H3. The summed E-state index contributed by atoms with van der Waals surface area (Å²) in [7, 11) is 1.60. The quantitative estimate of drug-likeness (QED) is 0.905. The van der Waals surface area contributed by atoms with E-state index in [1.807, 2.05) is 19.1 Å². The zero-order chi connectivity index (χ0) is 14.0. The van der Waals surface area contributed by atoms with Crippen molar-refractivity contribution in [1.29, 1.82) is 0 Å². The molecule has 1 aliphatic heterocycles. The predicted octanol–water partition coefficient (Wildman–Crippen LogP) is 1.85. The summed E-state index contributed by atoms with van der Waals surface area (Å²) in [5.41, 5.74) is 1.63. The first-order chi connectivity index (χ1) is 9.08. The monoisotopic (exact) mass is 263 g/mol.